The van der Waals surface area contributed by atoms with Crippen molar-refractivity contribution in [2.75, 3.05) is 19.4 Å². The van der Waals surface area contributed by atoms with Crippen LogP contribution in [0.25, 0.3) is 0 Å². The highest BCUT2D eigenvalue weighted by Crippen LogP contribution is 2.36. The van der Waals surface area contributed by atoms with Gasteiger partial charge in [-0.1, -0.05) is 13.8 Å². The predicted octanol–water partition coefficient (Wildman–Crippen LogP) is 3.27. The number of thioether (sulfide) groups is 1. The second-order valence-corrected chi connectivity index (χ2v) is 5.96. The highest BCUT2D eigenvalue weighted by Gasteiger charge is 2.23. The Balaban J connectivity index is 2.31. The average Bonchev–Trinajstić information content (AvgIpc) is 2.40. The van der Waals surface area contributed by atoms with Gasteiger partial charge < -0.3 is 10.1 Å². The van der Waals surface area contributed by atoms with E-state index in [2.05, 4.69) is 31.3 Å². The monoisotopic (exact) mass is 265 g/mol. The molecule has 1 unspecified atom stereocenters. The molecule has 0 fully saturated rings. The van der Waals surface area contributed by atoms with Crippen LogP contribution in [0.15, 0.2) is 17.0 Å². The molecule has 0 saturated heterocycles. The van der Waals surface area contributed by atoms with E-state index in [4.69, 9.17) is 4.74 Å². The standard InChI is InChI=1S/C15H23NOS/c1-4-16-11-6-7-12-13(10-11)15(18-5-2)9-8-14(12)17-3/h8-9,11,16H,4-7,10H2,1-3H3. The van der Waals surface area contributed by atoms with Gasteiger partial charge in [0.25, 0.3) is 0 Å². The Labute approximate surface area is 114 Å². The van der Waals surface area contributed by atoms with E-state index >= 15 is 0 Å². The molecule has 2 rings (SSSR count). The summed E-state index contributed by atoms with van der Waals surface area (Å²) in [6.07, 6.45) is 3.49. The van der Waals surface area contributed by atoms with Crippen molar-refractivity contribution in [1.82, 2.24) is 5.32 Å². The van der Waals surface area contributed by atoms with Gasteiger partial charge in [-0.3, -0.25) is 0 Å². The summed E-state index contributed by atoms with van der Waals surface area (Å²) in [5, 5.41) is 3.58. The molecule has 1 atom stereocenters. The van der Waals surface area contributed by atoms with E-state index in [0.29, 0.717) is 6.04 Å². The van der Waals surface area contributed by atoms with Crippen LogP contribution in [0.3, 0.4) is 0 Å². The SMILES string of the molecule is CCNC1CCc2c(OC)ccc(SCC)c2C1. The van der Waals surface area contributed by atoms with Crippen LogP contribution < -0.4 is 10.1 Å². The number of methoxy groups -OCH3 is 1. The molecule has 18 heavy (non-hydrogen) atoms. The van der Waals surface area contributed by atoms with Crippen LogP contribution in [-0.4, -0.2) is 25.4 Å². The molecule has 1 aliphatic carbocycles. The average molecular weight is 265 g/mol. The van der Waals surface area contributed by atoms with E-state index in [1.807, 2.05) is 11.8 Å². The number of nitrogens with one attached hydrogen (secondary N) is 1. The molecular formula is C15H23NOS. The van der Waals surface area contributed by atoms with Crippen molar-refractivity contribution in [3.05, 3.63) is 23.3 Å². The van der Waals surface area contributed by atoms with Crippen LogP contribution in [0.4, 0.5) is 0 Å². The summed E-state index contributed by atoms with van der Waals surface area (Å²) in [4.78, 5) is 1.44. The molecule has 100 valence electrons. The van der Waals surface area contributed by atoms with Crippen molar-refractivity contribution in [3.8, 4) is 5.75 Å². The molecule has 0 heterocycles. The first-order chi connectivity index (χ1) is 8.80. The van der Waals surface area contributed by atoms with Gasteiger partial charge in [-0.25, -0.2) is 0 Å². The third-order valence-electron chi connectivity index (χ3n) is 3.55. The van der Waals surface area contributed by atoms with Crippen LogP contribution in [0.2, 0.25) is 0 Å². The summed E-state index contributed by atoms with van der Waals surface area (Å²) in [6.45, 7) is 5.45. The molecule has 1 aromatic carbocycles. The van der Waals surface area contributed by atoms with Crippen molar-refractivity contribution >= 4 is 11.8 Å². The minimum Gasteiger partial charge on any atom is -0.496 e. The number of benzene rings is 1. The summed E-state index contributed by atoms with van der Waals surface area (Å²) in [6, 6.07) is 4.98. The van der Waals surface area contributed by atoms with Crippen molar-refractivity contribution in [3.63, 3.8) is 0 Å². The summed E-state index contributed by atoms with van der Waals surface area (Å²) in [5.74, 6) is 2.20. The summed E-state index contributed by atoms with van der Waals surface area (Å²) >= 11 is 1.95. The lowest BCUT2D eigenvalue weighted by Crippen LogP contribution is -2.34. The van der Waals surface area contributed by atoms with Crippen molar-refractivity contribution in [2.45, 2.75) is 44.0 Å². The Morgan fingerprint density at radius 1 is 1.33 bits per heavy atom. The maximum Gasteiger partial charge on any atom is 0.122 e. The van der Waals surface area contributed by atoms with Crippen molar-refractivity contribution in [2.24, 2.45) is 0 Å². The minimum absolute atomic E-state index is 0.630. The predicted molar refractivity (Wildman–Crippen MR) is 78.9 cm³/mol. The van der Waals surface area contributed by atoms with Gasteiger partial charge in [0.1, 0.15) is 5.75 Å². The van der Waals surface area contributed by atoms with E-state index < -0.39 is 0 Å². The molecule has 3 heteroatoms. The van der Waals surface area contributed by atoms with E-state index in [9.17, 15) is 0 Å². The minimum atomic E-state index is 0.630. The molecule has 2 nitrogen and oxygen atoms in total. The third-order valence-corrected chi connectivity index (χ3v) is 4.53. The van der Waals surface area contributed by atoms with Crippen LogP contribution in [0.5, 0.6) is 5.75 Å². The van der Waals surface area contributed by atoms with Crippen LogP contribution in [0, 0.1) is 0 Å². The van der Waals surface area contributed by atoms with Crippen LogP contribution in [-0.2, 0) is 12.8 Å². The third kappa shape index (κ3) is 2.83. The molecule has 0 saturated carbocycles. The number of rotatable bonds is 5. The fraction of sp³-hybridized carbons (Fsp3) is 0.600. The highest BCUT2D eigenvalue weighted by molar-refractivity contribution is 7.99. The lowest BCUT2D eigenvalue weighted by Gasteiger charge is -2.28. The quantitative estimate of drug-likeness (QED) is 0.826. The van der Waals surface area contributed by atoms with Gasteiger partial charge in [-0.05, 0) is 54.8 Å². The van der Waals surface area contributed by atoms with E-state index in [1.54, 1.807) is 7.11 Å². The van der Waals surface area contributed by atoms with E-state index in [-0.39, 0.29) is 0 Å². The maximum absolute atomic E-state index is 5.51. The Morgan fingerprint density at radius 3 is 2.83 bits per heavy atom. The Hall–Kier alpha value is -0.670. The Morgan fingerprint density at radius 2 is 2.17 bits per heavy atom. The van der Waals surface area contributed by atoms with Crippen molar-refractivity contribution < 1.29 is 4.74 Å². The Bertz CT molecular complexity index is 406. The molecule has 0 aliphatic heterocycles. The fourth-order valence-corrected chi connectivity index (χ4v) is 3.62. The molecule has 0 aromatic heterocycles. The second kappa shape index (κ2) is 6.48. The number of hydrogen-bond acceptors (Lipinski definition) is 3. The normalized spacial score (nSPS) is 18.5. The van der Waals surface area contributed by atoms with E-state index in [0.717, 1.165) is 30.9 Å². The molecule has 1 aliphatic rings. The maximum atomic E-state index is 5.51. The number of hydrogen-bond donors (Lipinski definition) is 1. The number of ether oxygens (including phenoxy) is 1. The van der Waals surface area contributed by atoms with Crippen LogP contribution in [0.1, 0.15) is 31.4 Å². The largest absolute Gasteiger partial charge is 0.496 e. The molecule has 1 aromatic rings. The lowest BCUT2D eigenvalue weighted by molar-refractivity contribution is 0.397. The summed E-state index contributed by atoms with van der Waals surface area (Å²) in [5.41, 5.74) is 2.95. The number of likely N-dealkylation sites (N-methyl/N-ethyl adjacent to an activating group) is 1. The number of fused-ring (bicyclic) bond motifs is 1. The molecule has 0 bridgehead atoms. The zero-order valence-corrected chi connectivity index (χ0v) is 12.4. The summed E-state index contributed by atoms with van der Waals surface area (Å²) in [7, 11) is 1.78. The summed E-state index contributed by atoms with van der Waals surface area (Å²) < 4.78 is 5.51. The molecule has 0 radical (unpaired) electrons. The topological polar surface area (TPSA) is 21.3 Å². The zero-order valence-electron chi connectivity index (χ0n) is 11.6. The first kappa shape index (κ1) is 13.8. The molecular weight excluding hydrogens is 242 g/mol. The van der Waals surface area contributed by atoms with Gasteiger partial charge >= 0.3 is 0 Å². The highest BCUT2D eigenvalue weighted by atomic mass is 32.2. The van der Waals surface area contributed by atoms with Gasteiger partial charge in [-0.15, -0.1) is 11.8 Å². The van der Waals surface area contributed by atoms with Gasteiger partial charge in [0.15, 0.2) is 0 Å². The van der Waals surface area contributed by atoms with Gasteiger partial charge in [0, 0.05) is 10.9 Å². The first-order valence-electron chi connectivity index (χ1n) is 6.85. The molecule has 0 amide bonds. The van der Waals surface area contributed by atoms with Gasteiger partial charge in [-0.2, -0.15) is 0 Å². The molecule has 1 N–H and O–H groups in total. The van der Waals surface area contributed by atoms with Crippen molar-refractivity contribution in [1.29, 1.82) is 0 Å². The zero-order chi connectivity index (χ0) is 13.0. The lowest BCUT2D eigenvalue weighted by atomic mass is 9.87. The fourth-order valence-electron chi connectivity index (χ4n) is 2.76. The smallest absolute Gasteiger partial charge is 0.122 e. The van der Waals surface area contributed by atoms with Gasteiger partial charge in [0.05, 0.1) is 7.11 Å². The van der Waals surface area contributed by atoms with E-state index in [1.165, 1.54) is 22.4 Å². The van der Waals surface area contributed by atoms with Crippen LogP contribution >= 0.6 is 11.8 Å². The van der Waals surface area contributed by atoms with Gasteiger partial charge in [0.2, 0.25) is 0 Å². The second-order valence-electron chi connectivity index (χ2n) is 4.65. The Kier molecular flexibility index (Phi) is 4.95. The molecule has 0 spiro atoms. The first-order valence-corrected chi connectivity index (χ1v) is 7.83.